The van der Waals surface area contributed by atoms with Gasteiger partial charge in [-0.3, -0.25) is 90.0 Å². The number of aromatic nitrogens is 4. The van der Waals surface area contributed by atoms with E-state index in [1.807, 2.05) is 6.92 Å². The Hall–Kier alpha value is -5.09. The largest absolute Gasteiger partial charge is 0.508 e. The van der Waals surface area contributed by atoms with Crippen molar-refractivity contribution < 1.29 is 123 Å². The molecule has 0 fully saturated rings. The normalized spacial score (nSPS) is 15.4. The van der Waals surface area contributed by atoms with E-state index in [1.54, 1.807) is 135 Å². The van der Waals surface area contributed by atoms with Gasteiger partial charge in [0.05, 0.1) is 52.9 Å². The number of phenols is 1. The van der Waals surface area contributed by atoms with E-state index >= 15 is 0 Å². The number of aromatic hydroxyl groups is 1. The fraction of sp³-hybridized carbons (Fsp3) is 0.683. The molecule has 40 nitrogen and oxygen atoms in total. The maximum atomic E-state index is 12.6. The van der Waals surface area contributed by atoms with Crippen LogP contribution in [0.25, 0.3) is 0 Å². The molecule has 0 aliphatic heterocycles. The summed E-state index contributed by atoms with van der Waals surface area (Å²) in [6, 6.07) is 1.58. The van der Waals surface area contributed by atoms with Crippen LogP contribution in [0.1, 0.15) is 123 Å². The number of hydrogen-bond acceptors (Lipinski definition) is 28. The predicted octanol–water partition coefficient (Wildman–Crippen LogP) is 8.13. The molecule has 0 amide bonds. The Morgan fingerprint density at radius 1 is 0.500 bits per heavy atom. The number of likely N-dealkylation sites (N-methyl/N-ethyl adjacent to an activating group) is 2. The highest BCUT2D eigenvalue weighted by Crippen LogP contribution is 2.52. The molecule has 12 atom stereocenters. The molecular formula is C63H129Cl2N14O26P7. The number of nitrogens with one attached hydrogen (secondary N) is 6. The first-order valence-corrected chi connectivity index (χ1v) is 51.1. The molecule has 656 valence electrons. The first-order valence-electron chi connectivity index (χ1n) is 34.3. The minimum Gasteiger partial charge on any atom is -0.508 e. The van der Waals surface area contributed by atoms with Crippen LogP contribution in [0, 0.1) is 0 Å². The van der Waals surface area contributed by atoms with Crippen molar-refractivity contribution in [2.75, 3.05) is 114 Å². The first-order chi connectivity index (χ1) is 50.7. The molecule has 112 heavy (non-hydrogen) atoms. The molecule has 0 saturated carbocycles. The molecule has 0 aliphatic rings. The van der Waals surface area contributed by atoms with Gasteiger partial charge in [-0.1, -0.05) is 26.5 Å². The Labute approximate surface area is 670 Å². The van der Waals surface area contributed by atoms with Crippen LogP contribution >= 0.6 is 73.1 Å². The van der Waals surface area contributed by atoms with Crippen LogP contribution in [0.3, 0.4) is 0 Å². The first kappa shape index (κ1) is 120. The van der Waals surface area contributed by atoms with Crippen molar-refractivity contribution in [3.63, 3.8) is 0 Å². The van der Waals surface area contributed by atoms with E-state index in [-0.39, 0.29) is 64.2 Å². The van der Waals surface area contributed by atoms with E-state index < -0.39 is 129 Å². The van der Waals surface area contributed by atoms with Gasteiger partial charge in [0.15, 0.2) is 0 Å². The Balaban J connectivity index is -0.000000227. The Bertz CT molecular complexity index is 3420. The number of rotatable bonds is 34. The lowest BCUT2D eigenvalue weighted by Gasteiger charge is -2.31. The van der Waals surface area contributed by atoms with Gasteiger partial charge in [-0.2, -0.15) is 0 Å². The lowest BCUT2D eigenvalue weighted by molar-refractivity contribution is -0.147. The summed E-state index contributed by atoms with van der Waals surface area (Å²) in [5.41, 5.74) is 16.0. The van der Waals surface area contributed by atoms with Crippen LogP contribution in [0.15, 0.2) is 61.7 Å². The lowest BCUT2D eigenvalue weighted by Crippen LogP contribution is -2.42. The zero-order valence-corrected chi connectivity index (χ0v) is 75.8. The van der Waals surface area contributed by atoms with Crippen molar-refractivity contribution in [2.24, 2.45) is 16.7 Å². The quantitative estimate of drug-likeness (QED) is 0.0152. The molecule has 3 aromatic rings. The fourth-order valence-electron chi connectivity index (χ4n) is 6.97. The molecule has 0 bridgehead atoms. The molecule has 0 aliphatic carbocycles. The van der Waals surface area contributed by atoms with Crippen molar-refractivity contribution in [1.82, 2.24) is 54.1 Å². The number of benzene rings is 1. The third-order valence-corrected chi connectivity index (χ3v) is 20.4. The summed E-state index contributed by atoms with van der Waals surface area (Å²) in [6.45, 7) is 36.8. The predicted molar refractivity (Wildman–Crippen MR) is 437 cm³/mol. The number of ether oxygens (including phenoxy) is 8. The van der Waals surface area contributed by atoms with Gasteiger partial charge >= 0.3 is 47.8 Å². The number of nitrogens with zero attached hydrogens (tertiary/aromatic N) is 5. The van der Waals surface area contributed by atoms with Crippen LogP contribution in [0.5, 0.6) is 5.75 Å². The Kier molecular flexibility index (Phi) is 67.7. The molecule has 1 aromatic carbocycles. The van der Waals surface area contributed by atoms with Crippen LogP contribution < -0.4 is 47.5 Å². The van der Waals surface area contributed by atoms with E-state index in [0.717, 1.165) is 18.6 Å². The molecule has 2 aromatic heterocycles. The monoisotopic (exact) mass is 1780 g/mol. The highest BCUT2D eigenvalue weighted by atomic mass is 35.9. The summed E-state index contributed by atoms with van der Waals surface area (Å²) < 4.78 is 120. The van der Waals surface area contributed by atoms with Gasteiger partial charge in [0.2, 0.25) is 35.6 Å². The minimum atomic E-state index is -3.35. The van der Waals surface area contributed by atoms with Crippen LogP contribution in [-0.4, -0.2) is 248 Å². The van der Waals surface area contributed by atoms with E-state index in [9.17, 15) is 70.3 Å². The molecular weight excluding hydrogens is 1660 g/mol. The highest BCUT2D eigenvalue weighted by molar-refractivity contribution is 8.08. The molecule has 49 heteroatoms. The maximum absolute atomic E-state index is 12.6. The third kappa shape index (κ3) is 68.2. The van der Waals surface area contributed by atoms with Crippen molar-refractivity contribution in [2.45, 2.75) is 172 Å². The van der Waals surface area contributed by atoms with Gasteiger partial charge < -0.3 is 63.8 Å². The van der Waals surface area contributed by atoms with Gasteiger partial charge in [0, 0.05) is 71.4 Å². The van der Waals surface area contributed by atoms with Gasteiger partial charge in [-0.15, -0.1) is 0 Å². The van der Waals surface area contributed by atoms with E-state index in [1.165, 1.54) is 91.5 Å². The molecule has 0 spiro atoms. The smallest absolute Gasteiger partial charge is 0.323 e. The van der Waals surface area contributed by atoms with Crippen LogP contribution in [0.4, 0.5) is 0 Å². The third-order valence-electron chi connectivity index (χ3n) is 12.2. The zero-order valence-electron chi connectivity index (χ0n) is 68.0. The molecule has 15 N–H and O–H groups in total. The average molecular weight is 1790 g/mol. The van der Waals surface area contributed by atoms with Crippen molar-refractivity contribution in [3.8, 4) is 5.75 Å². The van der Waals surface area contributed by atoms with Gasteiger partial charge in [0.25, 0.3) is 15.0 Å². The topological polar surface area (TPSA) is 580 Å². The number of carbonyl (C=O) groups excluding carboxylic acids is 8. The zero-order chi connectivity index (χ0) is 88.1. The summed E-state index contributed by atoms with van der Waals surface area (Å²) in [4.78, 5) is 115. The Morgan fingerprint density at radius 3 is 1.09 bits per heavy atom. The number of carbonyl (C=O) groups is 8. The number of phenolic OH excluding ortho intramolecular Hbond substituents is 1. The number of halogens is 2. The van der Waals surface area contributed by atoms with Gasteiger partial charge in [0.1, 0.15) is 66.7 Å². The van der Waals surface area contributed by atoms with Gasteiger partial charge in [-0.05, 0) is 164 Å². The van der Waals surface area contributed by atoms with E-state index in [4.69, 9.17) is 76.3 Å². The molecule has 2 heterocycles. The fourth-order valence-corrected chi connectivity index (χ4v) is 13.4. The maximum Gasteiger partial charge on any atom is 0.323 e. The summed E-state index contributed by atoms with van der Waals surface area (Å²) in [6.07, 6.45) is 10.0. The number of hydrogen-bond donors (Lipinski definition) is 12. The summed E-state index contributed by atoms with van der Waals surface area (Å²) in [5.74, 6) is -5.92. The van der Waals surface area contributed by atoms with Crippen molar-refractivity contribution in [1.29, 1.82) is 0 Å². The molecule has 0 saturated heterocycles. The van der Waals surface area contributed by atoms with Crippen LogP contribution in [-0.2, 0) is 115 Å². The highest BCUT2D eigenvalue weighted by Gasteiger charge is 2.34. The molecule has 0 radical (unpaired) electrons. The minimum absolute atomic E-state index is 0. The SMILES string of the molecule is C.CCCOC(=O)C(N)Cc1ccc(O)cc1.CCOC(=O)C(C)NC.CCOC(=O)C(C)NP(C)(=O)N(C)C(C)C(=O)OCC.CCOC(=O)C(C)NP(C)(=O)NC(C)C(=O)OCC.CCOC(=O)C(C)NP(C)(=O)O.CCOC(=O)C(C)NP(C)(=O)n1ccnc1.CP(=O)(Cl)Cl.CP(=O)(O)n1ccnc1.CP(N)(N)=O. The lowest BCUT2D eigenvalue weighted by atomic mass is 10.1. The number of nitrogens with two attached hydrogens (primary N) is 3. The summed E-state index contributed by atoms with van der Waals surface area (Å²) in [5, 5.41) is 24.8. The van der Waals surface area contributed by atoms with Gasteiger partial charge in [-0.25, -0.2) is 40.1 Å². The molecule has 12 unspecified atom stereocenters. The second-order valence-corrected chi connectivity index (χ2v) is 43.1. The summed E-state index contributed by atoms with van der Waals surface area (Å²) in [7, 11) is -14.8. The number of imidazole rings is 2. The van der Waals surface area contributed by atoms with E-state index in [2.05, 4.69) is 56.5 Å². The summed E-state index contributed by atoms with van der Waals surface area (Å²) >= 11 is 9.70. The standard InChI is InChI=1S/C12H25N2O5P.C12H17NO3.C11H23N2O5P.C9H16N3O3P.C6H14NO4P.C6H13NO2.C4H7N2O2P.CH3Cl2OP.CH7N2OP.CH4/c1-7-18-11(15)9(3)13-20(6,17)14(5)10(4)12(16)19-8-2;1-2-7-16-12(15)11(13)8-9-3-5-10(14)6-4-9;1-6-17-10(14)8(3)12-19(5,16)13-9(4)11(15)18-7-2;1-4-15-9(13)8(2)11-16(3,14)12-6-5-10-7-12;1-4-11-6(8)5(2)7-12(3,9)10;1-4-9-6(8)5(2)7-3;1-9(7,8)6-3-2-5-4-6;2*1-5(2,3)4;/h9-10H,7-8H2,1-6H3,(H,13,17);3-6,11,14H,2,7-8,13H2,1H3;8-9H,6-7H2,1-5H3,(H2,12,13,16);5-8H,4H2,1-3H3,(H,11,14);5H,4H2,1-3H3,(H2,7,9,10);5,7H,4H2,1-3H3;2-4H,1H3,(H,7,8);1H3;1H3,(H4,2,3,4);1H4. The second kappa shape index (κ2) is 63.1. The van der Waals surface area contributed by atoms with Crippen molar-refractivity contribution in [3.05, 3.63) is 67.3 Å². The Morgan fingerprint density at radius 2 is 0.804 bits per heavy atom. The molecule has 3 rings (SSSR count). The van der Waals surface area contributed by atoms with Crippen molar-refractivity contribution >= 4 is 121 Å². The second-order valence-electron chi connectivity index (χ2n) is 23.5. The average Bonchev–Trinajstić information content (AvgIpc) is 1.03. The number of esters is 8. The van der Waals surface area contributed by atoms with E-state index in [0.29, 0.717) is 26.2 Å². The van der Waals surface area contributed by atoms with Crippen LogP contribution in [0.2, 0.25) is 0 Å².